The maximum absolute atomic E-state index is 9.07. The van der Waals surface area contributed by atoms with Gasteiger partial charge in [0.1, 0.15) is 6.04 Å². The lowest BCUT2D eigenvalue weighted by Gasteiger charge is -2.27. The summed E-state index contributed by atoms with van der Waals surface area (Å²) in [4.78, 5) is 2.15. The van der Waals surface area contributed by atoms with Crippen molar-refractivity contribution in [2.45, 2.75) is 33.2 Å². The standard InChI is InChI=1S/C13H18N2/c1-4-12(10-14)15(5-2)13-8-6-7-11(3)9-13/h6-9,12H,4-5H2,1-3H3. The van der Waals surface area contributed by atoms with Gasteiger partial charge in [0.05, 0.1) is 6.07 Å². The highest BCUT2D eigenvalue weighted by molar-refractivity contribution is 5.50. The van der Waals surface area contributed by atoms with Crippen molar-refractivity contribution in [2.75, 3.05) is 11.4 Å². The number of nitrogens with zero attached hydrogens (tertiary/aromatic N) is 2. The predicted octanol–water partition coefficient (Wildman–Crippen LogP) is 3.12. The van der Waals surface area contributed by atoms with Gasteiger partial charge in [-0.2, -0.15) is 5.26 Å². The van der Waals surface area contributed by atoms with E-state index in [0.29, 0.717) is 0 Å². The summed E-state index contributed by atoms with van der Waals surface area (Å²) in [6.07, 6.45) is 0.859. The zero-order chi connectivity index (χ0) is 11.3. The van der Waals surface area contributed by atoms with Crippen molar-refractivity contribution >= 4 is 5.69 Å². The Morgan fingerprint density at radius 1 is 1.40 bits per heavy atom. The molecule has 1 atom stereocenters. The Kier molecular flexibility index (Phi) is 4.17. The fourth-order valence-electron chi connectivity index (χ4n) is 1.77. The predicted molar refractivity (Wildman–Crippen MR) is 63.9 cm³/mol. The van der Waals surface area contributed by atoms with E-state index in [1.165, 1.54) is 5.56 Å². The fraction of sp³-hybridized carbons (Fsp3) is 0.462. The molecule has 0 N–H and O–H groups in total. The normalized spacial score (nSPS) is 11.9. The number of rotatable bonds is 4. The minimum Gasteiger partial charge on any atom is -0.356 e. The monoisotopic (exact) mass is 202 g/mol. The molecule has 0 aliphatic rings. The second-order valence-corrected chi connectivity index (χ2v) is 3.68. The van der Waals surface area contributed by atoms with Gasteiger partial charge < -0.3 is 4.90 Å². The molecule has 80 valence electrons. The zero-order valence-corrected chi connectivity index (χ0v) is 9.70. The largest absolute Gasteiger partial charge is 0.356 e. The number of anilines is 1. The lowest BCUT2D eigenvalue weighted by atomic mass is 10.1. The Morgan fingerprint density at radius 3 is 2.60 bits per heavy atom. The molecule has 0 aliphatic carbocycles. The average molecular weight is 202 g/mol. The molecule has 0 aliphatic heterocycles. The van der Waals surface area contributed by atoms with Crippen molar-refractivity contribution in [3.05, 3.63) is 29.8 Å². The second kappa shape index (κ2) is 5.41. The molecule has 0 saturated heterocycles. The van der Waals surface area contributed by atoms with Crippen LogP contribution in [0.2, 0.25) is 0 Å². The Morgan fingerprint density at radius 2 is 2.13 bits per heavy atom. The van der Waals surface area contributed by atoms with Crippen molar-refractivity contribution in [2.24, 2.45) is 0 Å². The summed E-state index contributed by atoms with van der Waals surface area (Å²) >= 11 is 0. The summed E-state index contributed by atoms with van der Waals surface area (Å²) in [5, 5.41) is 9.07. The van der Waals surface area contributed by atoms with E-state index < -0.39 is 0 Å². The second-order valence-electron chi connectivity index (χ2n) is 3.68. The zero-order valence-electron chi connectivity index (χ0n) is 9.70. The molecule has 0 fully saturated rings. The summed E-state index contributed by atoms with van der Waals surface area (Å²) in [7, 11) is 0. The van der Waals surface area contributed by atoms with Crippen LogP contribution in [0.1, 0.15) is 25.8 Å². The van der Waals surface area contributed by atoms with Crippen LogP contribution in [-0.4, -0.2) is 12.6 Å². The number of aryl methyl sites for hydroxylation is 1. The molecule has 15 heavy (non-hydrogen) atoms. The van der Waals surface area contributed by atoms with Crippen molar-refractivity contribution in [1.82, 2.24) is 0 Å². The summed E-state index contributed by atoms with van der Waals surface area (Å²) < 4.78 is 0. The highest BCUT2D eigenvalue weighted by Crippen LogP contribution is 2.19. The molecular weight excluding hydrogens is 184 g/mol. The van der Waals surface area contributed by atoms with E-state index in [4.69, 9.17) is 5.26 Å². The van der Waals surface area contributed by atoms with Crippen molar-refractivity contribution < 1.29 is 0 Å². The van der Waals surface area contributed by atoms with Crippen LogP contribution in [-0.2, 0) is 0 Å². The molecule has 2 heteroatoms. The van der Waals surface area contributed by atoms with Crippen LogP contribution in [0.4, 0.5) is 5.69 Å². The maximum Gasteiger partial charge on any atom is 0.116 e. The van der Waals surface area contributed by atoms with Crippen LogP contribution in [0.15, 0.2) is 24.3 Å². The first-order chi connectivity index (χ1) is 7.22. The van der Waals surface area contributed by atoms with E-state index in [-0.39, 0.29) is 6.04 Å². The lowest BCUT2D eigenvalue weighted by molar-refractivity contribution is 0.691. The summed E-state index contributed by atoms with van der Waals surface area (Å²) in [5.41, 5.74) is 2.38. The lowest BCUT2D eigenvalue weighted by Crippen LogP contribution is -2.33. The molecule has 0 radical (unpaired) electrons. The maximum atomic E-state index is 9.07. The molecule has 2 nitrogen and oxygen atoms in total. The molecule has 1 rings (SSSR count). The third-order valence-electron chi connectivity index (χ3n) is 2.59. The van der Waals surface area contributed by atoms with Crippen LogP contribution < -0.4 is 4.90 Å². The van der Waals surface area contributed by atoms with Gasteiger partial charge in [0.25, 0.3) is 0 Å². The molecule has 0 saturated carbocycles. The Labute approximate surface area is 92.1 Å². The molecule has 0 spiro atoms. The minimum atomic E-state index is -0.0169. The first kappa shape index (κ1) is 11.6. The molecular formula is C13H18N2. The van der Waals surface area contributed by atoms with E-state index in [1.54, 1.807) is 0 Å². The van der Waals surface area contributed by atoms with E-state index >= 15 is 0 Å². The average Bonchev–Trinajstić information content (AvgIpc) is 2.25. The number of hydrogen-bond acceptors (Lipinski definition) is 2. The van der Waals surface area contributed by atoms with E-state index in [0.717, 1.165) is 18.7 Å². The highest BCUT2D eigenvalue weighted by Gasteiger charge is 2.14. The summed E-state index contributed by atoms with van der Waals surface area (Å²) in [5.74, 6) is 0. The van der Waals surface area contributed by atoms with Gasteiger partial charge in [-0.25, -0.2) is 0 Å². The highest BCUT2D eigenvalue weighted by atomic mass is 15.2. The van der Waals surface area contributed by atoms with Crippen LogP contribution in [0.25, 0.3) is 0 Å². The van der Waals surface area contributed by atoms with E-state index in [9.17, 15) is 0 Å². The molecule has 0 aromatic heterocycles. The van der Waals surface area contributed by atoms with E-state index in [2.05, 4.69) is 43.0 Å². The third kappa shape index (κ3) is 2.73. The Bertz CT molecular complexity index is 352. The van der Waals surface area contributed by atoms with Gasteiger partial charge in [-0.05, 0) is 38.0 Å². The third-order valence-corrected chi connectivity index (χ3v) is 2.59. The van der Waals surface area contributed by atoms with Gasteiger partial charge in [-0.3, -0.25) is 0 Å². The molecule has 0 bridgehead atoms. The van der Waals surface area contributed by atoms with Crippen LogP contribution in [0, 0.1) is 18.3 Å². The number of nitriles is 1. The van der Waals surface area contributed by atoms with Gasteiger partial charge in [-0.15, -0.1) is 0 Å². The SMILES string of the molecule is CCC(C#N)N(CC)c1cccc(C)c1. The van der Waals surface area contributed by atoms with Gasteiger partial charge in [0.2, 0.25) is 0 Å². The van der Waals surface area contributed by atoms with Crippen LogP contribution in [0.3, 0.4) is 0 Å². The van der Waals surface area contributed by atoms with Gasteiger partial charge >= 0.3 is 0 Å². The number of hydrogen-bond donors (Lipinski definition) is 0. The first-order valence-corrected chi connectivity index (χ1v) is 5.45. The van der Waals surface area contributed by atoms with E-state index in [1.807, 2.05) is 13.0 Å². The van der Waals surface area contributed by atoms with Crippen molar-refractivity contribution in [1.29, 1.82) is 5.26 Å². The summed E-state index contributed by atoms with van der Waals surface area (Å²) in [6, 6.07) is 10.6. The smallest absolute Gasteiger partial charge is 0.116 e. The Balaban J connectivity index is 2.97. The first-order valence-electron chi connectivity index (χ1n) is 5.45. The topological polar surface area (TPSA) is 27.0 Å². The van der Waals surface area contributed by atoms with Crippen molar-refractivity contribution in [3.63, 3.8) is 0 Å². The minimum absolute atomic E-state index is 0.0169. The Hall–Kier alpha value is -1.49. The van der Waals surface area contributed by atoms with Gasteiger partial charge in [0.15, 0.2) is 0 Å². The van der Waals surface area contributed by atoms with Gasteiger partial charge in [0, 0.05) is 12.2 Å². The quantitative estimate of drug-likeness (QED) is 0.750. The molecule has 0 heterocycles. The fourth-order valence-corrected chi connectivity index (χ4v) is 1.77. The molecule has 1 aromatic rings. The molecule has 0 amide bonds. The molecule has 1 aromatic carbocycles. The van der Waals surface area contributed by atoms with Crippen LogP contribution >= 0.6 is 0 Å². The van der Waals surface area contributed by atoms with Gasteiger partial charge in [-0.1, -0.05) is 19.1 Å². The molecule has 1 unspecified atom stereocenters. The van der Waals surface area contributed by atoms with Crippen molar-refractivity contribution in [3.8, 4) is 6.07 Å². The number of benzene rings is 1. The summed E-state index contributed by atoms with van der Waals surface area (Å²) in [6.45, 7) is 7.08. The van der Waals surface area contributed by atoms with Crippen LogP contribution in [0.5, 0.6) is 0 Å².